The van der Waals surface area contributed by atoms with Crippen LogP contribution in [0.5, 0.6) is 0 Å². The van der Waals surface area contributed by atoms with Gasteiger partial charge in [0.25, 0.3) is 5.91 Å². The van der Waals surface area contributed by atoms with E-state index >= 15 is 0 Å². The Morgan fingerprint density at radius 3 is 2.47 bits per heavy atom. The van der Waals surface area contributed by atoms with Crippen molar-refractivity contribution in [3.63, 3.8) is 0 Å². The van der Waals surface area contributed by atoms with Gasteiger partial charge in [-0.25, -0.2) is 0 Å². The molecule has 1 aromatic carbocycles. The summed E-state index contributed by atoms with van der Waals surface area (Å²) in [5, 5.41) is 13.3. The van der Waals surface area contributed by atoms with Crippen LogP contribution in [-0.4, -0.2) is 36.0 Å². The maximum Gasteiger partial charge on any atom is 0.322 e. The molecule has 8 heteroatoms. The van der Waals surface area contributed by atoms with Crippen molar-refractivity contribution in [2.24, 2.45) is 0 Å². The topological polar surface area (TPSA) is 95.5 Å². The highest BCUT2D eigenvalue weighted by Gasteiger charge is 2.11. The SMILES string of the molecule is O=C(O)CNC(=O)CNC(=O)c1ccc(Cl)cc1Br. The van der Waals surface area contributed by atoms with Crippen LogP contribution in [0.4, 0.5) is 0 Å². The molecule has 0 fully saturated rings. The van der Waals surface area contributed by atoms with Crippen molar-refractivity contribution in [1.29, 1.82) is 0 Å². The summed E-state index contributed by atoms with van der Waals surface area (Å²) < 4.78 is 0.503. The van der Waals surface area contributed by atoms with Gasteiger partial charge in [-0.2, -0.15) is 0 Å². The average Bonchev–Trinajstić information content (AvgIpc) is 2.33. The van der Waals surface area contributed by atoms with E-state index in [2.05, 4.69) is 26.6 Å². The highest BCUT2D eigenvalue weighted by Crippen LogP contribution is 2.21. The molecular weight excluding hydrogens is 339 g/mol. The summed E-state index contributed by atoms with van der Waals surface area (Å²) in [5.41, 5.74) is 0.329. The Labute approximate surface area is 122 Å². The molecule has 1 aromatic rings. The van der Waals surface area contributed by atoms with Crippen LogP contribution in [0.25, 0.3) is 0 Å². The van der Waals surface area contributed by atoms with Crippen molar-refractivity contribution in [1.82, 2.24) is 10.6 Å². The van der Waals surface area contributed by atoms with Crippen molar-refractivity contribution < 1.29 is 19.5 Å². The highest BCUT2D eigenvalue weighted by atomic mass is 79.9. The molecule has 19 heavy (non-hydrogen) atoms. The molecule has 0 aliphatic heterocycles. The Kier molecular flexibility index (Phi) is 5.78. The molecule has 0 heterocycles. The molecule has 0 unspecified atom stereocenters. The summed E-state index contributed by atoms with van der Waals surface area (Å²) in [6.07, 6.45) is 0. The Bertz CT molecular complexity index is 521. The third-order valence-electron chi connectivity index (χ3n) is 2.02. The van der Waals surface area contributed by atoms with E-state index in [9.17, 15) is 14.4 Å². The van der Waals surface area contributed by atoms with Crippen molar-refractivity contribution >= 4 is 45.3 Å². The van der Waals surface area contributed by atoms with E-state index in [1.54, 1.807) is 12.1 Å². The first-order chi connectivity index (χ1) is 8.90. The molecule has 0 aromatic heterocycles. The van der Waals surface area contributed by atoms with Crippen molar-refractivity contribution in [3.8, 4) is 0 Å². The van der Waals surface area contributed by atoms with Crippen LogP contribution in [0, 0.1) is 0 Å². The fourth-order valence-electron chi connectivity index (χ4n) is 1.17. The van der Waals surface area contributed by atoms with Crippen LogP contribution in [0.1, 0.15) is 10.4 Å². The number of carboxylic acids is 1. The number of benzene rings is 1. The molecule has 0 bridgehead atoms. The standard InChI is InChI=1S/C11H10BrClN2O4/c12-8-3-6(13)1-2-7(8)11(19)15-4-9(16)14-5-10(17)18/h1-3H,4-5H2,(H,14,16)(H,15,19)(H,17,18). The van der Waals surface area contributed by atoms with Crippen LogP contribution in [-0.2, 0) is 9.59 Å². The van der Waals surface area contributed by atoms with Crippen LogP contribution in [0.2, 0.25) is 5.02 Å². The predicted molar refractivity (Wildman–Crippen MR) is 72.1 cm³/mol. The van der Waals surface area contributed by atoms with Crippen molar-refractivity contribution in [2.45, 2.75) is 0 Å². The molecule has 0 radical (unpaired) electrons. The lowest BCUT2D eigenvalue weighted by Crippen LogP contribution is -2.39. The Morgan fingerprint density at radius 2 is 1.89 bits per heavy atom. The molecule has 1 rings (SSSR count). The number of carbonyl (C=O) groups excluding carboxylic acids is 2. The van der Waals surface area contributed by atoms with E-state index in [1.165, 1.54) is 6.07 Å². The van der Waals surface area contributed by atoms with Gasteiger partial charge in [-0.05, 0) is 34.1 Å². The second kappa shape index (κ2) is 7.10. The molecule has 6 nitrogen and oxygen atoms in total. The fraction of sp³-hybridized carbons (Fsp3) is 0.182. The van der Waals surface area contributed by atoms with Gasteiger partial charge in [0, 0.05) is 9.50 Å². The Morgan fingerprint density at radius 1 is 1.21 bits per heavy atom. The van der Waals surface area contributed by atoms with Gasteiger partial charge in [0.05, 0.1) is 12.1 Å². The molecular formula is C11H10BrClN2O4. The van der Waals surface area contributed by atoms with Gasteiger partial charge in [-0.3, -0.25) is 14.4 Å². The number of rotatable bonds is 5. The van der Waals surface area contributed by atoms with Gasteiger partial charge in [0.15, 0.2) is 0 Å². The maximum atomic E-state index is 11.7. The van der Waals surface area contributed by atoms with Gasteiger partial charge < -0.3 is 15.7 Å². The molecule has 2 amide bonds. The van der Waals surface area contributed by atoms with Crippen LogP contribution >= 0.6 is 27.5 Å². The first-order valence-electron chi connectivity index (χ1n) is 5.12. The van der Waals surface area contributed by atoms with E-state index in [0.717, 1.165) is 0 Å². The van der Waals surface area contributed by atoms with Crippen LogP contribution in [0.15, 0.2) is 22.7 Å². The zero-order chi connectivity index (χ0) is 14.4. The number of hydrogen-bond acceptors (Lipinski definition) is 3. The van der Waals surface area contributed by atoms with E-state index < -0.39 is 24.3 Å². The second-order valence-corrected chi connectivity index (χ2v) is 4.77. The Hall–Kier alpha value is -1.60. The van der Waals surface area contributed by atoms with Crippen LogP contribution < -0.4 is 10.6 Å². The monoisotopic (exact) mass is 348 g/mol. The Balaban J connectivity index is 2.51. The van der Waals surface area contributed by atoms with Gasteiger partial charge in [0.2, 0.25) is 5.91 Å². The number of halogens is 2. The van der Waals surface area contributed by atoms with E-state index in [-0.39, 0.29) is 6.54 Å². The van der Waals surface area contributed by atoms with Gasteiger partial charge in [-0.1, -0.05) is 11.6 Å². The minimum atomic E-state index is -1.15. The minimum Gasteiger partial charge on any atom is -0.480 e. The quantitative estimate of drug-likeness (QED) is 0.740. The molecule has 0 aliphatic rings. The number of nitrogens with one attached hydrogen (secondary N) is 2. The van der Waals surface area contributed by atoms with Crippen molar-refractivity contribution in [3.05, 3.63) is 33.3 Å². The average molecular weight is 350 g/mol. The summed E-state index contributed by atoms with van der Waals surface area (Å²) in [6.45, 7) is -0.791. The lowest BCUT2D eigenvalue weighted by Gasteiger charge is -2.07. The number of amides is 2. The molecule has 0 aliphatic carbocycles. The zero-order valence-corrected chi connectivity index (χ0v) is 11.9. The molecule has 0 saturated carbocycles. The second-order valence-electron chi connectivity index (χ2n) is 3.48. The fourth-order valence-corrected chi connectivity index (χ4v) is 2.03. The summed E-state index contributed by atoms with van der Waals surface area (Å²) >= 11 is 8.92. The van der Waals surface area contributed by atoms with Gasteiger partial charge >= 0.3 is 5.97 Å². The van der Waals surface area contributed by atoms with Gasteiger partial charge in [-0.15, -0.1) is 0 Å². The van der Waals surface area contributed by atoms with E-state index in [1.807, 2.05) is 0 Å². The first kappa shape index (κ1) is 15.5. The molecule has 3 N–H and O–H groups in total. The van der Waals surface area contributed by atoms with Crippen LogP contribution in [0.3, 0.4) is 0 Å². The molecule has 0 saturated heterocycles. The normalized spacial score (nSPS) is 9.79. The summed E-state index contributed by atoms with van der Waals surface area (Å²) in [6, 6.07) is 4.61. The smallest absolute Gasteiger partial charge is 0.322 e. The minimum absolute atomic E-state index is 0.304. The largest absolute Gasteiger partial charge is 0.480 e. The number of hydrogen-bond donors (Lipinski definition) is 3. The zero-order valence-electron chi connectivity index (χ0n) is 9.57. The number of aliphatic carboxylic acids is 1. The maximum absolute atomic E-state index is 11.7. The number of carbonyl (C=O) groups is 3. The molecule has 102 valence electrons. The number of carboxylic acid groups (broad SMARTS) is 1. The lowest BCUT2D eigenvalue weighted by molar-refractivity contribution is -0.137. The molecule has 0 spiro atoms. The lowest BCUT2D eigenvalue weighted by atomic mass is 10.2. The third-order valence-corrected chi connectivity index (χ3v) is 2.91. The van der Waals surface area contributed by atoms with Crippen molar-refractivity contribution in [2.75, 3.05) is 13.1 Å². The third kappa shape index (κ3) is 5.27. The van der Waals surface area contributed by atoms with E-state index in [0.29, 0.717) is 15.1 Å². The van der Waals surface area contributed by atoms with Gasteiger partial charge in [0.1, 0.15) is 6.54 Å². The highest BCUT2D eigenvalue weighted by molar-refractivity contribution is 9.10. The summed E-state index contributed by atoms with van der Waals surface area (Å²) in [5.74, 6) is -2.20. The first-order valence-corrected chi connectivity index (χ1v) is 6.29. The summed E-state index contributed by atoms with van der Waals surface area (Å²) in [4.78, 5) is 33.2. The summed E-state index contributed by atoms with van der Waals surface area (Å²) in [7, 11) is 0. The predicted octanol–water partition coefficient (Wildman–Crippen LogP) is 1.03. The molecule has 0 atom stereocenters. The van der Waals surface area contributed by atoms with E-state index in [4.69, 9.17) is 16.7 Å².